The number of para-hydroxylation sites is 1. The van der Waals surface area contributed by atoms with Crippen LogP contribution in [0.4, 0.5) is 5.82 Å². The summed E-state index contributed by atoms with van der Waals surface area (Å²) >= 11 is 0. The van der Waals surface area contributed by atoms with Crippen LogP contribution in [0.3, 0.4) is 0 Å². The topological polar surface area (TPSA) is 178 Å². The first-order chi connectivity index (χ1) is 28.8. The summed E-state index contributed by atoms with van der Waals surface area (Å²) in [5.74, 6) is 0.872. The summed E-state index contributed by atoms with van der Waals surface area (Å²) in [6.45, 7) is 6.27. The molecule has 1 aliphatic carbocycles. The summed E-state index contributed by atoms with van der Waals surface area (Å²) in [5.41, 5.74) is 9.35. The highest BCUT2D eigenvalue weighted by atomic mass is 16.5. The van der Waals surface area contributed by atoms with Crippen molar-refractivity contribution in [1.82, 2.24) is 39.8 Å². The summed E-state index contributed by atoms with van der Waals surface area (Å²) < 4.78 is 14.0. The van der Waals surface area contributed by atoms with E-state index >= 15 is 0 Å². The largest absolute Gasteiger partial charge is 0.494 e. The van der Waals surface area contributed by atoms with Crippen LogP contribution in [0, 0.1) is 5.92 Å². The number of fused-ring (bicyclic) bond motifs is 2. The van der Waals surface area contributed by atoms with Gasteiger partial charge in [0.1, 0.15) is 41.1 Å². The first kappa shape index (κ1) is 38.3. The smallest absolute Gasteiger partial charge is 0.262 e. The molecule has 15 nitrogen and oxygen atoms in total. The van der Waals surface area contributed by atoms with Crippen LogP contribution in [0.5, 0.6) is 17.2 Å². The van der Waals surface area contributed by atoms with E-state index in [0.717, 1.165) is 110 Å². The Kier molecular flexibility index (Phi) is 10.8. The lowest BCUT2D eigenvalue weighted by Gasteiger charge is -2.42. The maximum atomic E-state index is 13.2. The number of piperidine rings is 1. The number of nitrogens with two attached hydrogens (primary N) is 1. The number of aromatic nitrogens is 4. The molecule has 2 aromatic heterocycles. The van der Waals surface area contributed by atoms with E-state index in [9.17, 15) is 19.2 Å². The summed E-state index contributed by atoms with van der Waals surface area (Å²) in [4.78, 5) is 65.1. The second-order valence-electron chi connectivity index (χ2n) is 15.8. The molecule has 0 spiro atoms. The van der Waals surface area contributed by atoms with Crippen LogP contribution in [-0.2, 0) is 16.1 Å². The van der Waals surface area contributed by atoms with Gasteiger partial charge in [-0.2, -0.15) is 5.10 Å². The molecule has 0 bridgehead atoms. The fraction of sp³-hybridized carbons (Fsp3) is 0.386. The zero-order chi connectivity index (χ0) is 40.5. The Morgan fingerprint density at radius 2 is 1.51 bits per heavy atom. The number of rotatable bonds is 12. The molecule has 3 aliphatic heterocycles. The Morgan fingerprint density at radius 1 is 0.780 bits per heavy atom. The van der Waals surface area contributed by atoms with Gasteiger partial charge in [0.2, 0.25) is 11.8 Å². The monoisotopic (exact) mass is 797 g/mol. The van der Waals surface area contributed by atoms with E-state index in [-0.39, 0.29) is 24.0 Å². The number of imide groups is 2. The van der Waals surface area contributed by atoms with Crippen LogP contribution in [0.1, 0.15) is 65.7 Å². The van der Waals surface area contributed by atoms with E-state index in [1.807, 2.05) is 59.3 Å². The van der Waals surface area contributed by atoms with Crippen LogP contribution < -0.4 is 20.5 Å². The van der Waals surface area contributed by atoms with Gasteiger partial charge in [0.25, 0.3) is 11.8 Å². The third kappa shape index (κ3) is 7.99. The Balaban J connectivity index is 0.725. The lowest BCUT2D eigenvalue weighted by molar-refractivity contribution is -0.136. The quantitative estimate of drug-likeness (QED) is 0.129. The Morgan fingerprint density at radius 3 is 2.27 bits per heavy atom. The highest BCUT2D eigenvalue weighted by Crippen LogP contribution is 2.35. The molecule has 1 atom stereocenters. The molecule has 3 fully saturated rings. The van der Waals surface area contributed by atoms with Crippen molar-refractivity contribution in [2.75, 3.05) is 45.1 Å². The Hall–Kier alpha value is -6.19. The lowest BCUT2D eigenvalue weighted by Crippen LogP contribution is -2.54. The highest BCUT2D eigenvalue weighted by Gasteiger charge is 2.44. The molecule has 4 aliphatic rings. The molecule has 0 radical (unpaired) electrons. The van der Waals surface area contributed by atoms with E-state index in [2.05, 4.69) is 25.1 Å². The molecule has 3 N–H and O–H groups in total. The van der Waals surface area contributed by atoms with Gasteiger partial charge in [-0.15, -0.1) is 0 Å². The molecule has 1 unspecified atom stereocenters. The molecule has 5 heterocycles. The van der Waals surface area contributed by atoms with Gasteiger partial charge in [0.05, 0.1) is 23.1 Å². The summed E-state index contributed by atoms with van der Waals surface area (Å²) in [5, 5.41) is 8.06. The third-order valence-electron chi connectivity index (χ3n) is 12.1. The van der Waals surface area contributed by atoms with Gasteiger partial charge in [-0.05, 0) is 99.0 Å². The predicted octanol–water partition coefficient (Wildman–Crippen LogP) is 4.91. The standard InChI is InChI=1S/C44H47N9O6/c45-40-38-39(29-9-13-32(14-10-29)59-31-5-2-1-3-6-31)49-52(41(38)47-27-46-40)26-28-7-11-30(12-8-28)51-22-20-50(21-23-51)19-4-24-58-33-15-16-34-35(25-33)44(57)53(43(34)56)36-17-18-37(54)48-42(36)55/h1-3,5-6,9-10,13-16,25,27-28,30,36H,4,7-8,11-12,17-24,26H2,(H2,45,46,47)(H,48,54,55). The van der Waals surface area contributed by atoms with Gasteiger partial charge in [-0.1, -0.05) is 18.2 Å². The van der Waals surface area contributed by atoms with Crippen molar-refractivity contribution in [3.63, 3.8) is 0 Å². The van der Waals surface area contributed by atoms with Gasteiger partial charge in [0, 0.05) is 57.3 Å². The van der Waals surface area contributed by atoms with Gasteiger partial charge >= 0.3 is 0 Å². The number of hydrogen-bond acceptors (Lipinski definition) is 12. The average Bonchev–Trinajstić information content (AvgIpc) is 3.74. The van der Waals surface area contributed by atoms with Crippen LogP contribution in [-0.4, -0.2) is 109 Å². The maximum Gasteiger partial charge on any atom is 0.262 e. The van der Waals surface area contributed by atoms with E-state index in [4.69, 9.17) is 20.3 Å². The highest BCUT2D eigenvalue weighted by molar-refractivity contribution is 6.23. The molecule has 4 amide bonds. The van der Waals surface area contributed by atoms with Crippen molar-refractivity contribution < 1.29 is 28.7 Å². The molecule has 9 rings (SSSR count). The molecule has 15 heteroatoms. The fourth-order valence-electron chi connectivity index (χ4n) is 8.97. The van der Waals surface area contributed by atoms with Crippen molar-refractivity contribution in [2.45, 2.75) is 63.6 Å². The molecule has 5 aromatic rings. The molecule has 1 saturated carbocycles. The third-order valence-corrected chi connectivity index (χ3v) is 12.1. The first-order valence-corrected chi connectivity index (χ1v) is 20.5. The predicted molar refractivity (Wildman–Crippen MR) is 219 cm³/mol. The number of carbonyl (C=O) groups excluding carboxylic acids is 4. The van der Waals surface area contributed by atoms with E-state index in [0.29, 0.717) is 30.1 Å². The van der Waals surface area contributed by atoms with Gasteiger partial charge in [-0.25, -0.2) is 14.6 Å². The van der Waals surface area contributed by atoms with E-state index in [1.165, 1.54) is 6.33 Å². The number of ether oxygens (including phenoxy) is 2. The second-order valence-corrected chi connectivity index (χ2v) is 15.8. The molecule has 59 heavy (non-hydrogen) atoms. The van der Waals surface area contributed by atoms with Crippen molar-refractivity contribution in [3.05, 3.63) is 90.3 Å². The SMILES string of the molecule is Nc1ncnc2c1c(-c1ccc(Oc3ccccc3)cc1)nn2CC1CCC(N2CCN(CCCOc3ccc4c(c3)C(=O)N(C3CCC(=O)NC3=O)C4=O)CC2)CC1. The van der Waals surface area contributed by atoms with Crippen LogP contribution >= 0.6 is 0 Å². The second kappa shape index (κ2) is 16.6. The Bertz CT molecular complexity index is 2370. The van der Waals surface area contributed by atoms with Crippen LogP contribution in [0.25, 0.3) is 22.3 Å². The van der Waals surface area contributed by atoms with Crippen molar-refractivity contribution in [3.8, 4) is 28.5 Å². The zero-order valence-corrected chi connectivity index (χ0v) is 32.8. The van der Waals surface area contributed by atoms with Gasteiger partial charge in [-0.3, -0.25) is 34.3 Å². The normalized spacial score (nSPS) is 21.5. The van der Waals surface area contributed by atoms with E-state index in [1.54, 1.807) is 18.2 Å². The molecule has 304 valence electrons. The molecular weight excluding hydrogens is 751 g/mol. The number of nitrogens with zero attached hydrogens (tertiary/aromatic N) is 7. The lowest BCUT2D eigenvalue weighted by atomic mass is 9.85. The number of carbonyl (C=O) groups is 4. The van der Waals surface area contributed by atoms with Crippen LogP contribution in [0.15, 0.2) is 79.1 Å². The number of hydrogen-bond donors (Lipinski definition) is 2. The van der Waals surface area contributed by atoms with E-state index < -0.39 is 29.7 Å². The van der Waals surface area contributed by atoms with Crippen molar-refractivity contribution >= 4 is 40.5 Å². The molecule has 3 aromatic carbocycles. The molecule has 2 saturated heterocycles. The number of benzene rings is 3. The minimum absolute atomic E-state index is 0.0827. The minimum atomic E-state index is -0.989. The zero-order valence-electron chi connectivity index (χ0n) is 32.8. The number of nitrogens with one attached hydrogen (secondary N) is 1. The number of amides is 4. The number of anilines is 1. The maximum absolute atomic E-state index is 13.2. The van der Waals surface area contributed by atoms with Crippen LogP contribution in [0.2, 0.25) is 0 Å². The van der Waals surface area contributed by atoms with Gasteiger partial charge in [0.15, 0.2) is 5.65 Å². The number of nitrogen functional groups attached to an aromatic ring is 1. The fourth-order valence-corrected chi connectivity index (χ4v) is 8.97. The van der Waals surface area contributed by atoms with Crippen molar-refractivity contribution in [2.24, 2.45) is 5.92 Å². The Labute approximate surface area is 341 Å². The summed E-state index contributed by atoms with van der Waals surface area (Å²) in [7, 11) is 0. The molecular formula is C44H47N9O6. The first-order valence-electron chi connectivity index (χ1n) is 20.5. The number of piperazine rings is 1. The van der Waals surface area contributed by atoms with Gasteiger partial charge < -0.3 is 20.1 Å². The average molecular weight is 798 g/mol. The van der Waals surface area contributed by atoms with Crippen molar-refractivity contribution in [1.29, 1.82) is 0 Å². The minimum Gasteiger partial charge on any atom is -0.494 e. The summed E-state index contributed by atoms with van der Waals surface area (Å²) in [6, 6.07) is 22.0. The summed E-state index contributed by atoms with van der Waals surface area (Å²) in [6.07, 6.45) is 7.12.